The van der Waals surface area contributed by atoms with Gasteiger partial charge >= 0.3 is 0 Å². The number of hydrogen-bond donors (Lipinski definition) is 2. The molecule has 0 unspecified atom stereocenters. The summed E-state index contributed by atoms with van der Waals surface area (Å²) in [5.41, 5.74) is 6.83. The van der Waals surface area contributed by atoms with Crippen molar-refractivity contribution < 1.29 is 9.72 Å². The molecule has 0 saturated carbocycles. The molecule has 0 aliphatic rings. The summed E-state index contributed by atoms with van der Waals surface area (Å²) in [6, 6.07) is 17.3. The lowest BCUT2D eigenvalue weighted by molar-refractivity contribution is -0.384. The number of nitro benzene ring substituents is 1. The fourth-order valence-electron chi connectivity index (χ4n) is 2.41. The fourth-order valence-corrected chi connectivity index (χ4v) is 4.33. The van der Waals surface area contributed by atoms with Crippen molar-refractivity contribution >= 4 is 50.2 Å². The van der Waals surface area contributed by atoms with Crippen LogP contribution in [0.3, 0.4) is 0 Å². The van der Waals surface area contributed by atoms with Crippen LogP contribution in [0, 0.1) is 10.1 Å². The zero-order chi connectivity index (χ0) is 18.8. The quantitative estimate of drug-likeness (QED) is 0.377. The highest BCUT2D eigenvalue weighted by Crippen LogP contribution is 2.34. The van der Waals surface area contributed by atoms with Crippen LogP contribution in [-0.4, -0.2) is 15.8 Å². The SMILES string of the molecule is O=C(NNc1ccc([N+](=O)[O-])cc1)c1ccc(-c2nc3ccccc3s2)s1. The molecule has 2 N–H and O–H groups in total. The Morgan fingerprint density at radius 1 is 1.00 bits per heavy atom. The number of rotatable bonds is 5. The number of fused-ring (bicyclic) bond motifs is 1. The predicted octanol–water partition coefficient (Wildman–Crippen LogP) is 4.69. The summed E-state index contributed by atoms with van der Waals surface area (Å²) in [5, 5.41) is 11.5. The normalized spacial score (nSPS) is 10.7. The molecule has 0 aliphatic carbocycles. The summed E-state index contributed by atoms with van der Waals surface area (Å²) >= 11 is 2.94. The lowest BCUT2D eigenvalue weighted by Gasteiger charge is -2.06. The van der Waals surface area contributed by atoms with Gasteiger partial charge in [-0.25, -0.2) is 4.98 Å². The molecule has 134 valence electrons. The van der Waals surface area contributed by atoms with Gasteiger partial charge in [-0.3, -0.25) is 25.8 Å². The molecule has 2 aromatic heterocycles. The zero-order valence-corrected chi connectivity index (χ0v) is 15.3. The number of amides is 1. The van der Waals surface area contributed by atoms with Gasteiger partial charge in [-0.15, -0.1) is 22.7 Å². The Labute approximate surface area is 161 Å². The summed E-state index contributed by atoms with van der Waals surface area (Å²) in [4.78, 5) is 28.6. The summed E-state index contributed by atoms with van der Waals surface area (Å²) < 4.78 is 1.10. The lowest BCUT2D eigenvalue weighted by atomic mass is 10.3. The molecular weight excluding hydrogens is 384 g/mol. The fraction of sp³-hybridized carbons (Fsp3) is 0. The minimum atomic E-state index is -0.475. The van der Waals surface area contributed by atoms with E-state index < -0.39 is 4.92 Å². The van der Waals surface area contributed by atoms with Crippen LogP contribution in [0.15, 0.2) is 60.7 Å². The molecule has 4 aromatic rings. The molecule has 0 fully saturated rings. The minimum absolute atomic E-state index is 0.00869. The van der Waals surface area contributed by atoms with Crippen LogP contribution < -0.4 is 10.9 Å². The van der Waals surface area contributed by atoms with E-state index in [9.17, 15) is 14.9 Å². The number of para-hydroxylation sites is 1. The number of anilines is 1. The molecule has 1 amide bonds. The second kappa shape index (κ2) is 7.14. The Morgan fingerprint density at radius 3 is 2.52 bits per heavy atom. The van der Waals surface area contributed by atoms with E-state index in [1.54, 1.807) is 17.4 Å². The highest BCUT2D eigenvalue weighted by atomic mass is 32.1. The molecule has 2 aromatic carbocycles. The number of benzene rings is 2. The average Bonchev–Trinajstić information content (AvgIpc) is 3.33. The number of nitrogens with zero attached hydrogens (tertiary/aromatic N) is 2. The molecule has 0 radical (unpaired) electrons. The van der Waals surface area contributed by atoms with E-state index in [4.69, 9.17) is 0 Å². The van der Waals surface area contributed by atoms with E-state index in [1.165, 1.54) is 35.6 Å². The molecule has 7 nitrogen and oxygen atoms in total. The highest BCUT2D eigenvalue weighted by molar-refractivity contribution is 7.26. The van der Waals surface area contributed by atoms with Gasteiger partial charge in [-0.05, 0) is 36.4 Å². The predicted molar refractivity (Wildman–Crippen MR) is 107 cm³/mol. The molecule has 2 heterocycles. The molecule has 27 heavy (non-hydrogen) atoms. The second-order valence-electron chi connectivity index (χ2n) is 5.53. The Kier molecular flexibility index (Phi) is 4.53. The summed E-state index contributed by atoms with van der Waals surface area (Å²) in [5.74, 6) is -0.286. The third-order valence-corrected chi connectivity index (χ3v) is 6.02. The zero-order valence-electron chi connectivity index (χ0n) is 13.7. The van der Waals surface area contributed by atoms with Crippen LogP contribution in [0.2, 0.25) is 0 Å². The number of thiophene rings is 1. The first kappa shape index (κ1) is 17.1. The highest BCUT2D eigenvalue weighted by Gasteiger charge is 2.13. The van der Waals surface area contributed by atoms with Gasteiger partial charge in [0.2, 0.25) is 0 Å². The molecular formula is C18H12N4O3S2. The van der Waals surface area contributed by atoms with Crippen molar-refractivity contribution in [3.8, 4) is 9.88 Å². The summed E-state index contributed by atoms with van der Waals surface area (Å²) in [7, 11) is 0. The van der Waals surface area contributed by atoms with E-state index >= 15 is 0 Å². The standard InChI is InChI=1S/C18H12N4O3S2/c23-17(21-20-11-5-7-12(8-6-11)22(24)25)15-9-10-16(26-15)18-19-13-3-1-2-4-14(13)27-18/h1-10,20H,(H,21,23). The van der Waals surface area contributed by atoms with Crippen LogP contribution in [0.5, 0.6) is 0 Å². The van der Waals surface area contributed by atoms with E-state index in [0.29, 0.717) is 10.6 Å². The van der Waals surface area contributed by atoms with Crippen LogP contribution in [0.4, 0.5) is 11.4 Å². The first-order valence-corrected chi connectivity index (χ1v) is 9.50. The van der Waals surface area contributed by atoms with Gasteiger partial charge in [0.25, 0.3) is 11.6 Å². The van der Waals surface area contributed by atoms with Gasteiger partial charge in [0.15, 0.2) is 0 Å². The van der Waals surface area contributed by atoms with Crippen molar-refractivity contribution in [2.45, 2.75) is 0 Å². The summed E-state index contributed by atoms with van der Waals surface area (Å²) in [6.45, 7) is 0. The Hall–Kier alpha value is -3.30. The number of carbonyl (C=O) groups excluding carboxylic acids is 1. The van der Waals surface area contributed by atoms with Gasteiger partial charge < -0.3 is 0 Å². The largest absolute Gasteiger partial charge is 0.298 e. The molecule has 0 bridgehead atoms. The number of carbonyl (C=O) groups is 1. The van der Waals surface area contributed by atoms with E-state index in [-0.39, 0.29) is 11.6 Å². The van der Waals surface area contributed by atoms with Crippen LogP contribution in [0.25, 0.3) is 20.1 Å². The molecule has 0 spiro atoms. The van der Waals surface area contributed by atoms with Crippen molar-refractivity contribution in [2.75, 3.05) is 5.43 Å². The first-order valence-electron chi connectivity index (χ1n) is 7.87. The smallest absolute Gasteiger partial charge is 0.279 e. The monoisotopic (exact) mass is 396 g/mol. The lowest BCUT2D eigenvalue weighted by Crippen LogP contribution is -2.28. The Bertz CT molecular complexity index is 1100. The van der Waals surface area contributed by atoms with Gasteiger partial charge in [-0.1, -0.05) is 12.1 Å². The third-order valence-electron chi connectivity index (χ3n) is 3.73. The van der Waals surface area contributed by atoms with Crippen molar-refractivity contribution in [3.63, 3.8) is 0 Å². The number of hydrazine groups is 1. The van der Waals surface area contributed by atoms with Crippen LogP contribution >= 0.6 is 22.7 Å². The van der Waals surface area contributed by atoms with E-state index in [1.807, 2.05) is 30.3 Å². The topological polar surface area (TPSA) is 97.2 Å². The summed E-state index contributed by atoms with van der Waals surface area (Å²) in [6.07, 6.45) is 0. The van der Waals surface area contributed by atoms with E-state index in [2.05, 4.69) is 15.8 Å². The minimum Gasteiger partial charge on any atom is -0.298 e. The van der Waals surface area contributed by atoms with Gasteiger partial charge in [0.1, 0.15) is 5.01 Å². The first-order chi connectivity index (χ1) is 13.1. The Morgan fingerprint density at radius 2 is 1.78 bits per heavy atom. The number of aromatic nitrogens is 1. The van der Waals surface area contributed by atoms with Gasteiger partial charge in [0.05, 0.1) is 30.6 Å². The van der Waals surface area contributed by atoms with Crippen LogP contribution in [0.1, 0.15) is 9.67 Å². The number of nitro groups is 1. The number of hydrogen-bond acceptors (Lipinski definition) is 7. The molecule has 9 heteroatoms. The third kappa shape index (κ3) is 3.64. The maximum absolute atomic E-state index is 12.3. The van der Waals surface area contributed by atoms with Crippen LogP contribution in [-0.2, 0) is 0 Å². The van der Waals surface area contributed by atoms with Crippen molar-refractivity contribution in [1.29, 1.82) is 0 Å². The van der Waals surface area contributed by atoms with Gasteiger partial charge in [0, 0.05) is 12.1 Å². The van der Waals surface area contributed by atoms with Crippen molar-refractivity contribution in [1.82, 2.24) is 10.4 Å². The average molecular weight is 396 g/mol. The number of thiazole rings is 1. The van der Waals surface area contributed by atoms with Crippen molar-refractivity contribution in [3.05, 3.63) is 75.7 Å². The van der Waals surface area contributed by atoms with Crippen molar-refractivity contribution in [2.24, 2.45) is 0 Å². The van der Waals surface area contributed by atoms with E-state index in [0.717, 1.165) is 20.1 Å². The van der Waals surface area contributed by atoms with Gasteiger partial charge in [-0.2, -0.15) is 0 Å². The molecule has 0 atom stereocenters. The number of nitrogens with one attached hydrogen (secondary N) is 2. The number of non-ortho nitro benzene ring substituents is 1. The molecule has 0 saturated heterocycles. The maximum atomic E-state index is 12.3. The maximum Gasteiger partial charge on any atom is 0.279 e. The Balaban J connectivity index is 1.44. The second-order valence-corrected chi connectivity index (χ2v) is 7.65. The molecule has 0 aliphatic heterocycles. The molecule has 4 rings (SSSR count).